The first-order valence-electron chi connectivity index (χ1n) is 9.06. The van der Waals surface area contributed by atoms with Crippen LogP contribution in [0.3, 0.4) is 0 Å². The number of benzene rings is 1. The van der Waals surface area contributed by atoms with E-state index in [1.165, 1.54) is 11.0 Å². The zero-order valence-corrected chi connectivity index (χ0v) is 15.9. The van der Waals surface area contributed by atoms with Crippen LogP contribution in [0.4, 0.5) is 10.2 Å². The Labute approximate surface area is 160 Å². The summed E-state index contributed by atoms with van der Waals surface area (Å²) >= 11 is 0. The number of aryl methyl sites for hydroxylation is 2. The van der Waals surface area contributed by atoms with E-state index >= 15 is 0 Å². The van der Waals surface area contributed by atoms with E-state index in [9.17, 15) is 14.0 Å². The van der Waals surface area contributed by atoms with Gasteiger partial charge in [-0.2, -0.15) is 10.2 Å². The third-order valence-corrected chi connectivity index (χ3v) is 5.37. The molecule has 2 amide bonds. The molecule has 1 aliphatic rings. The molecule has 0 saturated carbocycles. The van der Waals surface area contributed by atoms with E-state index in [-0.39, 0.29) is 36.0 Å². The van der Waals surface area contributed by atoms with Gasteiger partial charge in [0.2, 0.25) is 11.8 Å². The summed E-state index contributed by atoms with van der Waals surface area (Å²) in [4.78, 5) is 26.5. The standard InChI is InChI=1S/C19H21FN6O2/c1-10-13(11(2)25(3)24-10)8-21-19(28)12-7-16(27)26(9-12)18-17-14(20)5-4-6-15(17)22-23-18/h4-6,12H,7-9H2,1-3H3,(H,21,28)(H,22,23)/t12-/m1/s1. The molecule has 0 bridgehead atoms. The van der Waals surface area contributed by atoms with Gasteiger partial charge in [0.05, 0.1) is 22.5 Å². The average molecular weight is 384 g/mol. The van der Waals surface area contributed by atoms with Crippen LogP contribution in [-0.2, 0) is 23.2 Å². The van der Waals surface area contributed by atoms with Crippen LogP contribution in [-0.4, -0.2) is 38.3 Å². The maximum Gasteiger partial charge on any atom is 0.229 e. The Morgan fingerprint density at radius 3 is 2.89 bits per heavy atom. The van der Waals surface area contributed by atoms with E-state index in [1.807, 2.05) is 20.9 Å². The molecule has 0 spiro atoms. The van der Waals surface area contributed by atoms with Gasteiger partial charge in [-0.25, -0.2) is 4.39 Å². The SMILES string of the molecule is Cc1nn(C)c(C)c1CNC(=O)[C@@H]1CC(=O)N(c2n[nH]c3cccc(F)c23)C1. The van der Waals surface area contributed by atoms with Crippen LogP contribution in [0.2, 0.25) is 0 Å². The zero-order chi connectivity index (χ0) is 20.0. The molecule has 4 rings (SSSR count). The number of anilines is 1. The number of hydrogen-bond donors (Lipinski definition) is 2. The number of nitrogens with zero attached hydrogens (tertiary/aromatic N) is 4. The van der Waals surface area contributed by atoms with Crippen LogP contribution < -0.4 is 10.2 Å². The highest BCUT2D eigenvalue weighted by Gasteiger charge is 2.37. The summed E-state index contributed by atoms with van der Waals surface area (Å²) in [5.41, 5.74) is 3.33. The van der Waals surface area contributed by atoms with Gasteiger partial charge in [0.25, 0.3) is 0 Å². The van der Waals surface area contributed by atoms with Crippen molar-refractivity contribution in [1.29, 1.82) is 0 Å². The van der Waals surface area contributed by atoms with Gasteiger partial charge in [-0.05, 0) is 26.0 Å². The van der Waals surface area contributed by atoms with Crippen molar-refractivity contribution < 1.29 is 14.0 Å². The van der Waals surface area contributed by atoms with E-state index in [1.54, 1.807) is 16.8 Å². The number of halogens is 1. The molecule has 1 saturated heterocycles. The maximum atomic E-state index is 14.2. The topological polar surface area (TPSA) is 95.9 Å². The molecule has 8 nitrogen and oxygen atoms in total. The van der Waals surface area contributed by atoms with Crippen molar-refractivity contribution >= 4 is 28.5 Å². The molecule has 0 radical (unpaired) electrons. The van der Waals surface area contributed by atoms with Crippen LogP contribution in [0, 0.1) is 25.6 Å². The molecule has 3 aromatic rings. The lowest BCUT2D eigenvalue weighted by atomic mass is 10.1. The van der Waals surface area contributed by atoms with Crippen LogP contribution in [0.15, 0.2) is 18.2 Å². The summed E-state index contributed by atoms with van der Waals surface area (Å²) < 4.78 is 16.0. The second kappa shape index (κ2) is 6.74. The summed E-state index contributed by atoms with van der Waals surface area (Å²) in [7, 11) is 1.86. The first-order chi connectivity index (χ1) is 13.4. The number of H-pyrrole nitrogens is 1. The Kier molecular flexibility index (Phi) is 4.37. The molecule has 146 valence electrons. The van der Waals surface area contributed by atoms with Gasteiger partial charge in [0.1, 0.15) is 5.82 Å². The Morgan fingerprint density at radius 1 is 1.39 bits per heavy atom. The Morgan fingerprint density at radius 2 is 2.18 bits per heavy atom. The highest BCUT2D eigenvalue weighted by Crippen LogP contribution is 2.31. The summed E-state index contributed by atoms with van der Waals surface area (Å²) in [6, 6.07) is 4.59. The molecule has 0 unspecified atom stereocenters. The van der Waals surface area contributed by atoms with Gasteiger partial charge in [0, 0.05) is 37.8 Å². The number of fused-ring (bicyclic) bond motifs is 1. The number of amides is 2. The number of aromatic amines is 1. The molecule has 1 fully saturated rings. The summed E-state index contributed by atoms with van der Waals surface area (Å²) in [6.07, 6.45) is 0.0691. The Balaban J connectivity index is 1.49. The van der Waals surface area contributed by atoms with Crippen molar-refractivity contribution in [2.24, 2.45) is 13.0 Å². The quantitative estimate of drug-likeness (QED) is 0.716. The van der Waals surface area contributed by atoms with Gasteiger partial charge >= 0.3 is 0 Å². The lowest BCUT2D eigenvalue weighted by Crippen LogP contribution is -2.33. The minimum absolute atomic E-state index is 0.0691. The minimum Gasteiger partial charge on any atom is -0.352 e. The average Bonchev–Trinajstić information content (AvgIpc) is 3.31. The van der Waals surface area contributed by atoms with E-state index < -0.39 is 11.7 Å². The fourth-order valence-electron chi connectivity index (χ4n) is 3.69. The van der Waals surface area contributed by atoms with Crippen molar-refractivity contribution in [3.63, 3.8) is 0 Å². The molecular formula is C19H21FN6O2. The van der Waals surface area contributed by atoms with Crippen LogP contribution in [0.5, 0.6) is 0 Å². The summed E-state index contributed by atoms with van der Waals surface area (Å²) in [5, 5.41) is 14.3. The van der Waals surface area contributed by atoms with Crippen molar-refractivity contribution in [3.05, 3.63) is 41.0 Å². The van der Waals surface area contributed by atoms with E-state index in [0.29, 0.717) is 12.1 Å². The number of carbonyl (C=O) groups is 2. The minimum atomic E-state index is -0.511. The first kappa shape index (κ1) is 18.1. The van der Waals surface area contributed by atoms with Gasteiger partial charge in [-0.3, -0.25) is 24.3 Å². The number of aromatic nitrogens is 4. The molecular weight excluding hydrogens is 363 g/mol. The van der Waals surface area contributed by atoms with Crippen molar-refractivity contribution in [3.8, 4) is 0 Å². The number of carbonyl (C=O) groups excluding carboxylic acids is 2. The molecule has 2 aromatic heterocycles. The Hall–Kier alpha value is -3.23. The second-order valence-corrected chi connectivity index (χ2v) is 7.11. The molecule has 3 heterocycles. The molecule has 1 aromatic carbocycles. The second-order valence-electron chi connectivity index (χ2n) is 7.11. The predicted molar refractivity (Wildman–Crippen MR) is 101 cm³/mol. The summed E-state index contributed by atoms with van der Waals surface area (Å²) in [5.74, 6) is -1.19. The van der Waals surface area contributed by atoms with Crippen LogP contribution in [0.1, 0.15) is 23.4 Å². The maximum absolute atomic E-state index is 14.2. The third kappa shape index (κ3) is 2.92. The van der Waals surface area contributed by atoms with Crippen molar-refractivity contribution in [2.75, 3.05) is 11.4 Å². The van der Waals surface area contributed by atoms with Gasteiger partial charge in [-0.1, -0.05) is 6.07 Å². The lowest BCUT2D eigenvalue weighted by molar-refractivity contribution is -0.126. The molecule has 28 heavy (non-hydrogen) atoms. The number of rotatable bonds is 4. The fourth-order valence-corrected chi connectivity index (χ4v) is 3.69. The smallest absolute Gasteiger partial charge is 0.229 e. The van der Waals surface area contributed by atoms with E-state index in [0.717, 1.165) is 17.0 Å². The van der Waals surface area contributed by atoms with Gasteiger partial charge in [-0.15, -0.1) is 0 Å². The Bertz CT molecular complexity index is 1090. The van der Waals surface area contributed by atoms with E-state index in [2.05, 4.69) is 20.6 Å². The van der Waals surface area contributed by atoms with Crippen LogP contribution >= 0.6 is 0 Å². The zero-order valence-electron chi connectivity index (χ0n) is 15.9. The molecule has 0 aliphatic carbocycles. The van der Waals surface area contributed by atoms with Gasteiger partial charge in [0.15, 0.2) is 5.82 Å². The highest BCUT2D eigenvalue weighted by atomic mass is 19.1. The molecule has 9 heteroatoms. The largest absolute Gasteiger partial charge is 0.352 e. The fraction of sp³-hybridized carbons (Fsp3) is 0.368. The molecule has 2 N–H and O–H groups in total. The first-order valence-corrected chi connectivity index (χ1v) is 9.06. The van der Waals surface area contributed by atoms with Crippen LogP contribution in [0.25, 0.3) is 10.9 Å². The van der Waals surface area contributed by atoms with Crippen molar-refractivity contribution in [2.45, 2.75) is 26.8 Å². The number of hydrogen-bond acceptors (Lipinski definition) is 4. The third-order valence-electron chi connectivity index (χ3n) is 5.37. The molecule has 1 aliphatic heterocycles. The highest BCUT2D eigenvalue weighted by molar-refractivity contribution is 6.05. The normalized spacial score (nSPS) is 16.9. The van der Waals surface area contributed by atoms with Gasteiger partial charge < -0.3 is 5.32 Å². The van der Waals surface area contributed by atoms with Crippen molar-refractivity contribution in [1.82, 2.24) is 25.3 Å². The van der Waals surface area contributed by atoms with E-state index in [4.69, 9.17) is 0 Å². The summed E-state index contributed by atoms with van der Waals surface area (Å²) in [6.45, 7) is 4.37. The molecule has 1 atom stereocenters. The monoisotopic (exact) mass is 384 g/mol. The number of nitrogens with one attached hydrogen (secondary N) is 2. The predicted octanol–water partition coefficient (Wildman–Crippen LogP) is 1.72. The lowest BCUT2D eigenvalue weighted by Gasteiger charge is -2.14.